The first-order chi connectivity index (χ1) is 13.4. The maximum Gasteiger partial charge on any atom is 0.254 e. The van der Waals surface area contributed by atoms with Crippen LogP contribution in [0.5, 0.6) is 0 Å². The molecule has 1 saturated heterocycles. The quantitative estimate of drug-likeness (QED) is 0.818. The molecule has 2 aromatic carbocycles. The summed E-state index contributed by atoms with van der Waals surface area (Å²) in [7, 11) is 3.90. The van der Waals surface area contributed by atoms with Gasteiger partial charge >= 0.3 is 0 Å². The molecule has 1 aliphatic heterocycles. The Balaban J connectivity index is 1.56. The van der Waals surface area contributed by atoms with Crippen LogP contribution in [0.2, 0.25) is 0 Å². The number of hydrogen-bond donors (Lipinski definition) is 2. The average Bonchev–Trinajstić information content (AvgIpc) is 2.72. The van der Waals surface area contributed by atoms with E-state index in [1.54, 1.807) is 24.3 Å². The van der Waals surface area contributed by atoms with Gasteiger partial charge in [-0.25, -0.2) is 0 Å². The molecule has 0 spiro atoms. The van der Waals surface area contributed by atoms with E-state index < -0.39 is 0 Å². The molecule has 1 heterocycles. The number of anilines is 1. The van der Waals surface area contributed by atoms with Crippen LogP contribution >= 0.6 is 0 Å². The van der Waals surface area contributed by atoms with Crippen molar-refractivity contribution >= 4 is 23.4 Å². The van der Waals surface area contributed by atoms with Crippen molar-refractivity contribution < 1.29 is 14.4 Å². The Morgan fingerprint density at radius 3 is 2.29 bits per heavy atom. The van der Waals surface area contributed by atoms with Crippen molar-refractivity contribution in [1.82, 2.24) is 15.5 Å². The van der Waals surface area contributed by atoms with Gasteiger partial charge in [0.15, 0.2) is 0 Å². The van der Waals surface area contributed by atoms with Crippen LogP contribution in [0.25, 0.3) is 0 Å². The van der Waals surface area contributed by atoms with E-state index in [9.17, 15) is 14.4 Å². The van der Waals surface area contributed by atoms with E-state index in [0.29, 0.717) is 30.8 Å². The fourth-order valence-corrected chi connectivity index (χ4v) is 2.96. The van der Waals surface area contributed by atoms with Crippen molar-refractivity contribution in [3.05, 3.63) is 65.2 Å². The second kappa shape index (κ2) is 8.56. The highest BCUT2D eigenvalue weighted by atomic mass is 16.2. The summed E-state index contributed by atoms with van der Waals surface area (Å²) in [5, 5.41) is 5.58. The third kappa shape index (κ3) is 4.68. The van der Waals surface area contributed by atoms with Gasteiger partial charge in [0.25, 0.3) is 11.8 Å². The predicted molar refractivity (Wildman–Crippen MR) is 107 cm³/mol. The summed E-state index contributed by atoms with van der Waals surface area (Å²) < 4.78 is 0. The van der Waals surface area contributed by atoms with E-state index in [1.807, 2.05) is 43.3 Å². The molecular weight excluding hydrogens is 356 g/mol. The number of carbonyl (C=O) groups excluding carboxylic acids is 3. The minimum absolute atomic E-state index is 0.0866. The Kier molecular flexibility index (Phi) is 5.93. The number of hydrogen-bond acceptors (Lipinski definition) is 4. The van der Waals surface area contributed by atoms with E-state index in [-0.39, 0.29) is 24.3 Å². The van der Waals surface area contributed by atoms with Crippen LogP contribution in [0.1, 0.15) is 26.3 Å². The third-order valence-corrected chi connectivity index (χ3v) is 4.63. The van der Waals surface area contributed by atoms with Crippen LogP contribution in [-0.4, -0.2) is 56.4 Å². The monoisotopic (exact) mass is 380 g/mol. The summed E-state index contributed by atoms with van der Waals surface area (Å²) in [6, 6.07) is 14.5. The molecule has 0 unspecified atom stereocenters. The van der Waals surface area contributed by atoms with Gasteiger partial charge in [-0.3, -0.25) is 14.4 Å². The Labute approximate surface area is 164 Å². The van der Waals surface area contributed by atoms with E-state index in [2.05, 4.69) is 10.6 Å². The SMILES string of the molecule is CN(C)c1ccc(C(=O)NCc2ccc(C(=O)N3CCNC(=O)C3)cc2)cc1. The molecule has 1 aliphatic rings. The Bertz CT molecular complexity index is 860. The lowest BCUT2D eigenvalue weighted by Crippen LogP contribution is -2.49. The smallest absolute Gasteiger partial charge is 0.254 e. The van der Waals surface area contributed by atoms with Gasteiger partial charge in [-0.15, -0.1) is 0 Å². The lowest BCUT2D eigenvalue weighted by Gasteiger charge is -2.26. The molecular formula is C21H24N4O3. The van der Waals surface area contributed by atoms with Crippen molar-refractivity contribution in [2.75, 3.05) is 38.6 Å². The first-order valence-electron chi connectivity index (χ1n) is 9.14. The van der Waals surface area contributed by atoms with Crippen LogP contribution in [0.3, 0.4) is 0 Å². The molecule has 7 heteroatoms. The van der Waals surface area contributed by atoms with Crippen molar-refractivity contribution in [3.63, 3.8) is 0 Å². The number of carbonyl (C=O) groups is 3. The van der Waals surface area contributed by atoms with Crippen LogP contribution in [0.4, 0.5) is 5.69 Å². The molecule has 0 radical (unpaired) electrons. The fraction of sp³-hybridized carbons (Fsp3) is 0.286. The summed E-state index contributed by atoms with van der Waals surface area (Å²) in [4.78, 5) is 39.7. The Hall–Kier alpha value is -3.35. The van der Waals surface area contributed by atoms with Crippen molar-refractivity contribution in [3.8, 4) is 0 Å². The summed E-state index contributed by atoms with van der Waals surface area (Å²) in [5.41, 5.74) is 3.05. The van der Waals surface area contributed by atoms with Crippen LogP contribution in [0, 0.1) is 0 Å². The van der Waals surface area contributed by atoms with Gasteiger partial charge in [-0.05, 0) is 42.0 Å². The molecule has 3 amide bonds. The molecule has 2 N–H and O–H groups in total. The highest BCUT2D eigenvalue weighted by Gasteiger charge is 2.22. The van der Waals surface area contributed by atoms with Crippen molar-refractivity contribution in [2.24, 2.45) is 0 Å². The number of piperazine rings is 1. The Morgan fingerprint density at radius 1 is 1.04 bits per heavy atom. The molecule has 0 aliphatic carbocycles. The second-order valence-corrected chi connectivity index (χ2v) is 6.90. The van der Waals surface area contributed by atoms with Gasteiger partial charge in [0, 0.05) is 50.5 Å². The first kappa shape index (κ1) is 19.4. The van der Waals surface area contributed by atoms with Gasteiger partial charge in [-0.2, -0.15) is 0 Å². The standard InChI is InChI=1S/C21H24N4O3/c1-24(2)18-9-7-16(8-10-18)20(27)23-13-15-3-5-17(6-4-15)21(28)25-12-11-22-19(26)14-25/h3-10H,11-14H2,1-2H3,(H,22,26)(H,23,27). The molecule has 3 rings (SSSR count). The highest BCUT2D eigenvalue weighted by molar-refractivity contribution is 5.97. The Morgan fingerprint density at radius 2 is 1.68 bits per heavy atom. The zero-order valence-corrected chi connectivity index (χ0v) is 16.1. The molecule has 28 heavy (non-hydrogen) atoms. The molecule has 0 atom stereocenters. The van der Waals surface area contributed by atoms with E-state index in [1.165, 1.54) is 4.90 Å². The summed E-state index contributed by atoms with van der Waals surface area (Å²) in [6.07, 6.45) is 0. The average molecular weight is 380 g/mol. The molecule has 2 aromatic rings. The second-order valence-electron chi connectivity index (χ2n) is 6.90. The van der Waals surface area contributed by atoms with Gasteiger partial charge in [0.05, 0.1) is 6.54 Å². The summed E-state index contributed by atoms with van der Waals surface area (Å²) >= 11 is 0. The number of nitrogens with zero attached hydrogens (tertiary/aromatic N) is 2. The predicted octanol–water partition coefficient (Wildman–Crippen LogP) is 1.25. The highest BCUT2D eigenvalue weighted by Crippen LogP contribution is 2.13. The minimum Gasteiger partial charge on any atom is -0.378 e. The van der Waals surface area contributed by atoms with Crippen LogP contribution in [0.15, 0.2) is 48.5 Å². The molecule has 7 nitrogen and oxygen atoms in total. The van der Waals surface area contributed by atoms with Crippen molar-refractivity contribution in [1.29, 1.82) is 0 Å². The van der Waals surface area contributed by atoms with Crippen LogP contribution in [-0.2, 0) is 11.3 Å². The zero-order valence-electron chi connectivity index (χ0n) is 16.1. The molecule has 0 bridgehead atoms. The van der Waals surface area contributed by atoms with E-state index in [4.69, 9.17) is 0 Å². The van der Waals surface area contributed by atoms with Crippen LogP contribution < -0.4 is 15.5 Å². The zero-order chi connectivity index (χ0) is 20.1. The maximum atomic E-state index is 12.5. The fourth-order valence-electron chi connectivity index (χ4n) is 2.96. The molecule has 0 aromatic heterocycles. The summed E-state index contributed by atoms with van der Waals surface area (Å²) in [5.74, 6) is -0.450. The minimum atomic E-state index is -0.161. The topological polar surface area (TPSA) is 81.8 Å². The van der Waals surface area contributed by atoms with Gasteiger partial charge in [0.1, 0.15) is 0 Å². The molecule has 0 saturated carbocycles. The number of nitrogens with one attached hydrogen (secondary N) is 2. The van der Waals surface area contributed by atoms with Crippen molar-refractivity contribution in [2.45, 2.75) is 6.54 Å². The molecule has 146 valence electrons. The number of amides is 3. The van der Waals surface area contributed by atoms with Gasteiger partial charge in [0.2, 0.25) is 5.91 Å². The first-order valence-corrected chi connectivity index (χ1v) is 9.14. The van der Waals surface area contributed by atoms with Gasteiger partial charge in [-0.1, -0.05) is 12.1 Å². The summed E-state index contributed by atoms with van der Waals surface area (Å²) in [6.45, 7) is 1.44. The largest absolute Gasteiger partial charge is 0.378 e. The van der Waals surface area contributed by atoms with Gasteiger partial charge < -0.3 is 20.4 Å². The maximum absolute atomic E-state index is 12.5. The third-order valence-electron chi connectivity index (χ3n) is 4.63. The lowest BCUT2D eigenvalue weighted by atomic mass is 10.1. The number of rotatable bonds is 5. The lowest BCUT2D eigenvalue weighted by molar-refractivity contribution is -0.123. The number of benzene rings is 2. The van der Waals surface area contributed by atoms with E-state index in [0.717, 1.165) is 11.3 Å². The van der Waals surface area contributed by atoms with E-state index >= 15 is 0 Å². The molecule has 1 fully saturated rings. The normalized spacial score (nSPS) is 13.6.